The molecule has 5 heterocycles. The monoisotopic (exact) mass is 727 g/mol. The summed E-state index contributed by atoms with van der Waals surface area (Å²) in [6, 6.07) is 5.52. The molecule has 2 aliphatic heterocycles. The first-order valence-corrected chi connectivity index (χ1v) is 17.2. The SMILES string of the molecule is CSC1=CCC(c2nc3n(CC(=O)Nc4ccc(C(F)(F)F)cc4Cl)c4c(c(=O)n3n2)C2(CCN(C(=O)c3ncccc3O)CC2)OC4)C=C1. The van der Waals surface area contributed by atoms with E-state index in [4.69, 9.17) is 21.3 Å². The average Bonchev–Trinajstić information content (AvgIpc) is 3.71. The molecule has 1 spiro atoms. The summed E-state index contributed by atoms with van der Waals surface area (Å²) >= 11 is 7.72. The van der Waals surface area contributed by atoms with Crippen molar-refractivity contribution in [1.29, 1.82) is 0 Å². The van der Waals surface area contributed by atoms with Gasteiger partial charge in [-0.15, -0.1) is 16.9 Å². The fraction of sp³-hybridized carbons (Fsp3) is 0.333. The number of nitrogens with one attached hydrogen (secondary N) is 1. The van der Waals surface area contributed by atoms with E-state index in [1.165, 1.54) is 27.8 Å². The molecule has 17 heteroatoms. The molecule has 1 aromatic carbocycles. The van der Waals surface area contributed by atoms with Crippen LogP contribution in [0.25, 0.3) is 5.78 Å². The number of ether oxygens (including phenoxy) is 1. The number of hydrogen-bond donors (Lipinski definition) is 2. The van der Waals surface area contributed by atoms with E-state index in [2.05, 4.69) is 21.5 Å². The lowest BCUT2D eigenvalue weighted by Crippen LogP contribution is -2.47. The van der Waals surface area contributed by atoms with Crippen molar-refractivity contribution in [2.24, 2.45) is 0 Å². The number of pyridine rings is 1. The molecule has 1 fully saturated rings. The Morgan fingerprint density at radius 2 is 2.00 bits per heavy atom. The molecule has 4 aromatic rings. The minimum atomic E-state index is -4.61. The van der Waals surface area contributed by atoms with Crippen molar-refractivity contribution in [1.82, 2.24) is 29.0 Å². The summed E-state index contributed by atoms with van der Waals surface area (Å²) in [5.41, 5.74) is -1.93. The Hall–Kier alpha value is -4.67. The summed E-state index contributed by atoms with van der Waals surface area (Å²) in [6.07, 6.45) is 5.82. The van der Waals surface area contributed by atoms with Gasteiger partial charge in [-0.2, -0.15) is 22.7 Å². The molecule has 1 atom stereocenters. The first-order chi connectivity index (χ1) is 23.9. The number of anilines is 1. The molecular formula is C33H29ClF3N7O5S. The maximum atomic E-state index is 14.3. The molecular weight excluding hydrogens is 699 g/mol. The number of carbonyl (C=O) groups excluding carboxylic acids is 2. The summed E-state index contributed by atoms with van der Waals surface area (Å²) in [5.74, 6) is -1.08. The van der Waals surface area contributed by atoms with E-state index < -0.39 is 34.7 Å². The van der Waals surface area contributed by atoms with Crippen molar-refractivity contribution >= 4 is 46.6 Å². The topological polar surface area (TPSA) is 144 Å². The number of halogens is 4. The molecule has 0 saturated carbocycles. The van der Waals surface area contributed by atoms with Gasteiger partial charge in [0, 0.05) is 30.1 Å². The lowest BCUT2D eigenvalue weighted by atomic mass is 9.85. The smallest absolute Gasteiger partial charge is 0.416 e. The number of carbonyl (C=O) groups is 2. The number of thioether (sulfide) groups is 1. The Bertz CT molecular complexity index is 2160. The first kappa shape index (κ1) is 33.8. The van der Waals surface area contributed by atoms with Crippen molar-refractivity contribution < 1.29 is 32.6 Å². The Balaban J connectivity index is 1.24. The number of amides is 2. The van der Waals surface area contributed by atoms with E-state index in [0.717, 1.165) is 27.6 Å². The van der Waals surface area contributed by atoms with Crippen LogP contribution in [0, 0.1) is 0 Å². The lowest BCUT2D eigenvalue weighted by Gasteiger charge is -2.38. The molecule has 12 nitrogen and oxygen atoms in total. The van der Waals surface area contributed by atoms with E-state index in [1.807, 2.05) is 18.4 Å². The third-order valence-corrected chi connectivity index (χ3v) is 10.2. The zero-order chi connectivity index (χ0) is 35.4. The van der Waals surface area contributed by atoms with E-state index in [-0.39, 0.29) is 72.9 Å². The molecule has 1 unspecified atom stereocenters. The minimum absolute atomic E-state index is 0.0204. The Morgan fingerprint density at radius 1 is 1.22 bits per heavy atom. The molecule has 3 aromatic heterocycles. The molecule has 260 valence electrons. The number of piperidine rings is 1. The van der Waals surface area contributed by atoms with Gasteiger partial charge in [-0.05, 0) is 55.9 Å². The van der Waals surface area contributed by atoms with Crippen LogP contribution in [0.15, 0.2) is 64.5 Å². The predicted molar refractivity (Wildman–Crippen MR) is 178 cm³/mol. The minimum Gasteiger partial charge on any atom is -0.505 e. The maximum Gasteiger partial charge on any atom is 0.416 e. The highest BCUT2D eigenvalue weighted by Crippen LogP contribution is 2.43. The van der Waals surface area contributed by atoms with E-state index in [9.17, 15) is 32.7 Å². The second-order valence-corrected chi connectivity index (χ2v) is 13.4. The number of rotatable bonds is 6. The van der Waals surface area contributed by atoms with Gasteiger partial charge in [-0.1, -0.05) is 29.8 Å². The molecule has 3 aliphatic rings. The summed E-state index contributed by atoms with van der Waals surface area (Å²) < 4.78 is 48.6. The molecule has 2 N–H and O–H groups in total. The maximum absolute atomic E-state index is 14.3. The van der Waals surface area contributed by atoms with Gasteiger partial charge >= 0.3 is 6.18 Å². The number of fused-ring (bicyclic) bond motifs is 3. The van der Waals surface area contributed by atoms with Crippen molar-refractivity contribution in [2.75, 3.05) is 24.7 Å². The number of alkyl halides is 3. The number of likely N-dealkylation sites (tertiary alicyclic amines) is 1. The van der Waals surface area contributed by atoms with Crippen LogP contribution in [0.2, 0.25) is 5.02 Å². The molecule has 50 heavy (non-hydrogen) atoms. The van der Waals surface area contributed by atoms with Crippen LogP contribution in [-0.2, 0) is 34.5 Å². The van der Waals surface area contributed by atoms with Gasteiger partial charge in [-0.3, -0.25) is 14.4 Å². The highest BCUT2D eigenvalue weighted by atomic mass is 35.5. The number of allylic oxidation sites excluding steroid dienone is 3. The van der Waals surface area contributed by atoms with Crippen molar-refractivity contribution in [2.45, 2.75) is 50.1 Å². The number of aromatic hydroxyl groups is 1. The predicted octanol–water partition coefficient (Wildman–Crippen LogP) is 5.25. The van der Waals surface area contributed by atoms with Gasteiger partial charge in [0.25, 0.3) is 11.5 Å². The highest BCUT2D eigenvalue weighted by Gasteiger charge is 2.48. The molecule has 7 rings (SSSR count). The van der Waals surface area contributed by atoms with E-state index in [0.29, 0.717) is 23.5 Å². The van der Waals surface area contributed by atoms with Gasteiger partial charge in [0.15, 0.2) is 11.5 Å². The van der Waals surface area contributed by atoms with E-state index in [1.54, 1.807) is 11.8 Å². The molecule has 1 saturated heterocycles. The Morgan fingerprint density at radius 3 is 2.66 bits per heavy atom. The van der Waals surface area contributed by atoms with Crippen LogP contribution >= 0.6 is 23.4 Å². The van der Waals surface area contributed by atoms with E-state index >= 15 is 0 Å². The number of nitrogens with zero attached hydrogens (tertiary/aromatic N) is 6. The van der Waals surface area contributed by atoms with Gasteiger partial charge in [0.1, 0.15) is 17.9 Å². The Labute approximate surface area is 291 Å². The fourth-order valence-electron chi connectivity index (χ4n) is 6.57. The normalized spacial score (nSPS) is 18.4. The van der Waals surface area contributed by atoms with Crippen LogP contribution in [0.5, 0.6) is 5.75 Å². The van der Waals surface area contributed by atoms with Crippen LogP contribution in [0.3, 0.4) is 0 Å². The number of benzene rings is 1. The third-order valence-electron chi connectivity index (χ3n) is 9.16. The average molecular weight is 728 g/mol. The zero-order valence-corrected chi connectivity index (χ0v) is 28.0. The van der Waals surface area contributed by atoms with Crippen molar-refractivity contribution in [3.05, 3.63) is 103 Å². The summed E-state index contributed by atoms with van der Waals surface area (Å²) in [6.45, 7) is -0.0478. The second kappa shape index (κ2) is 12.9. The lowest BCUT2D eigenvalue weighted by molar-refractivity contribution is -0.137. The van der Waals surface area contributed by atoms with Crippen molar-refractivity contribution in [3.63, 3.8) is 0 Å². The first-order valence-electron chi connectivity index (χ1n) is 15.6. The van der Waals surface area contributed by atoms with Gasteiger partial charge in [-0.25, -0.2) is 4.98 Å². The van der Waals surface area contributed by atoms with Crippen molar-refractivity contribution in [3.8, 4) is 5.75 Å². The quantitative estimate of drug-likeness (QED) is 0.272. The van der Waals surface area contributed by atoms with Crippen LogP contribution in [0.4, 0.5) is 18.9 Å². The molecule has 0 radical (unpaired) electrons. The standard InChI is InChI=1S/C33H29ClF3N7O5S/c1-50-20-7-4-18(5-8-20)28-40-31-43(16-25(46)39-22-9-6-19(15-21(22)34)33(35,36)37)23-17-49-32(26(23)29(47)44(31)41-28)10-13-42(14-11-32)30(48)27-24(45)3-2-12-38-27/h2-4,6-9,12,15,18,45H,5,10-11,13-14,16-17H2,1H3,(H,39,46). The second-order valence-electron chi connectivity index (χ2n) is 12.1. The molecule has 1 aliphatic carbocycles. The van der Waals surface area contributed by atoms with Crippen LogP contribution in [0.1, 0.15) is 58.3 Å². The Kier molecular flexibility index (Phi) is 8.72. The molecule has 0 bridgehead atoms. The van der Waals surface area contributed by atoms with Gasteiger partial charge < -0.3 is 24.6 Å². The van der Waals surface area contributed by atoms with Gasteiger partial charge in [0.05, 0.1) is 34.1 Å². The number of aromatic nitrogens is 5. The van der Waals surface area contributed by atoms with Gasteiger partial charge in [0.2, 0.25) is 11.7 Å². The summed E-state index contributed by atoms with van der Waals surface area (Å²) in [7, 11) is 0. The third kappa shape index (κ3) is 6.04. The summed E-state index contributed by atoms with van der Waals surface area (Å²) in [4.78, 5) is 52.3. The zero-order valence-electron chi connectivity index (χ0n) is 26.4. The highest BCUT2D eigenvalue weighted by molar-refractivity contribution is 8.02. The fourth-order valence-corrected chi connectivity index (χ4v) is 7.28. The van der Waals surface area contributed by atoms with Crippen LogP contribution in [-0.4, -0.2) is 65.3 Å². The largest absolute Gasteiger partial charge is 0.505 e. The molecule has 2 amide bonds. The summed E-state index contributed by atoms with van der Waals surface area (Å²) in [5, 5.41) is 17.1. The van der Waals surface area contributed by atoms with Crippen LogP contribution < -0.4 is 10.9 Å². The number of hydrogen-bond acceptors (Lipinski definition) is 9.